The van der Waals surface area contributed by atoms with Gasteiger partial charge in [0.05, 0.1) is 30.9 Å². The first-order valence-electron chi connectivity index (χ1n) is 19.7. The van der Waals surface area contributed by atoms with Crippen LogP contribution in [0, 0.1) is 0 Å². The molecule has 4 aromatic rings. The molecule has 1 aromatic heterocycles. The number of carboxylic acid groups (broad SMARTS) is 1. The summed E-state index contributed by atoms with van der Waals surface area (Å²) >= 11 is 0. The number of amides is 3. The number of aliphatic hydroxyl groups excluding tert-OH is 1. The number of carbonyl (C=O) groups is 4. The van der Waals surface area contributed by atoms with Crippen molar-refractivity contribution >= 4 is 23.7 Å². The smallest absolute Gasteiger partial charge is 0.326 e. The van der Waals surface area contributed by atoms with E-state index in [2.05, 4.69) is 31.6 Å². The highest BCUT2D eigenvalue weighted by molar-refractivity contribution is 5.92. The number of carboxylic acids is 1. The molecule has 6 N–H and O–H groups in total. The van der Waals surface area contributed by atoms with Crippen LogP contribution in [0.3, 0.4) is 0 Å². The Kier molecular flexibility index (Phi) is 14.4. The van der Waals surface area contributed by atoms with E-state index in [-0.39, 0.29) is 31.8 Å². The molecule has 0 aliphatic carbocycles. The fraction of sp³-hybridized carbons (Fsp3) is 0.429. The molecule has 6 atom stereocenters. The van der Waals surface area contributed by atoms with E-state index in [0.717, 1.165) is 11.1 Å². The van der Waals surface area contributed by atoms with E-state index in [9.17, 15) is 29.4 Å². The summed E-state index contributed by atoms with van der Waals surface area (Å²) in [6.45, 7) is 3.26. The van der Waals surface area contributed by atoms with E-state index in [0.29, 0.717) is 61.7 Å². The van der Waals surface area contributed by atoms with Crippen LogP contribution in [0.4, 0.5) is 0 Å². The number of aromatic nitrogens is 3. The second-order valence-electron chi connectivity index (χ2n) is 14.7. The molecule has 6 bridgehead atoms. The molecule has 6 heterocycles. The van der Waals surface area contributed by atoms with Crippen LogP contribution in [0.5, 0.6) is 11.5 Å². The molecule has 16 heteroatoms. The topological polar surface area (TPSA) is 209 Å². The van der Waals surface area contributed by atoms with Crippen molar-refractivity contribution in [1.82, 2.24) is 41.2 Å². The Balaban J connectivity index is 1.27. The molecule has 1 saturated heterocycles. The van der Waals surface area contributed by atoms with Crippen molar-refractivity contribution in [2.75, 3.05) is 20.2 Å². The van der Waals surface area contributed by atoms with Crippen LogP contribution >= 0.6 is 0 Å². The third-order valence-corrected chi connectivity index (χ3v) is 10.5. The number of nitrogens with one attached hydrogen (secondary N) is 4. The minimum Gasteiger partial charge on any atom is -0.494 e. The van der Waals surface area contributed by atoms with Crippen LogP contribution in [0.15, 0.2) is 85.1 Å². The molecule has 5 aliphatic rings. The van der Waals surface area contributed by atoms with Crippen molar-refractivity contribution in [3.63, 3.8) is 0 Å². The molecular weight excluding hydrogens is 745 g/mol. The van der Waals surface area contributed by atoms with Crippen LogP contribution < -0.4 is 30.7 Å². The van der Waals surface area contributed by atoms with Crippen molar-refractivity contribution < 1.29 is 38.9 Å². The van der Waals surface area contributed by atoms with E-state index >= 15 is 0 Å². The molecule has 9 rings (SSSR count). The van der Waals surface area contributed by atoms with Gasteiger partial charge >= 0.3 is 5.97 Å². The molecule has 58 heavy (non-hydrogen) atoms. The predicted molar refractivity (Wildman–Crippen MR) is 213 cm³/mol. The van der Waals surface area contributed by atoms with Crippen LogP contribution in [0.25, 0.3) is 0 Å². The van der Waals surface area contributed by atoms with Gasteiger partial charge in [-0.1, -0.05) is 59.8 Å². The molecule has 308 valence electrons. The summed E-state index contributed by atoms with van der Waals surface area (Å²) < 4.78 is 13.6. The lowest BCUT2D eigenvalue weighted by Gasteiger charge is -2.35. The van der Waals surface area contributed by atoms with E-state index in [4.69, 9.17) is 9.47 Å². The zero-order valence-electron chi connectivity index (χ0n) is 32.8. The highest BCUT2D eigenvalue weighted by Gasteiger charge is 2.40. The van der Waals surface area contributed by atoms with Gasteiger partial charge in [0.25, 0.3) is 0 Å². The summed E-state index contributed by atoms with van der Waals surface area (Å²) in [5, 5.41) is 42.0. The van der Waals surface area contributed by atoms with Gasteiger partial charge in [0.1, 0.15) is 42.1 Å². The summed E-state index contributed by atoms with van der Waals surface area (Å²) in [5.41, 5.74) is 2.90. The highest BCUT2D eigenvalue weighted by atomic mass is 16.5. The molecule has 16 nitrogen and oxygen atoms in total. The van der Waals surface area contributed by atoms with Gasteiger partial charge in [0.15, 0.2) is 0 Å². The number of carbonyl (C=O) groups excluding carboxylic acids is 3. The van der Waals surface area contributed by atoms with Gasteiger partial charge in [-0.3, -0.25) is 24.0 Å². The first-order chi connectivity index (χ1) is 28.1. The summed E-state index contributed by atoms with van der Waals surface area (Å²) in [6, 6.07) is 18.9. The van der Waals surface area contributed by atoms with Crippen molar-refractivity contribution in [2.24, 2.45) is 0 Å². The Morgan fingerprint density at radius 3 is 2.28 bits per heavy atom. The third kappa shape index (κ3) is 11.4. The molecule has 3 aromatic carbocycles. The number of likely N-dealkylation sites (N-methyl/N-ethyl adjacent to an activating group) is 1. The van der Waals surface area contributed by atoms with E-state index in [1.54, 1.807) is 60.0 Å². The largest absolute Gasteiger partial charge is 0.494 e. The zero-order chi connectivity index (χ0) is 41.0. The van der Waals surface area contributed by atoms with Crippen molar-refractivity contribution in [1.29, 1.82) is 0 Å². The van der Waals surface area contributed by atoms with Gasteiger partial charge in [-0.05, 0) is 74.2 Å². The molecular formula is C42H52N8O8. The summed E-state index contributed by atoms with van der Waals surface area (Å²) in [4.78, 5) is 55.4. The Hall–Kier alpha value is -5.84. The van der Waals surface area contributed by atoms with Crippen molar-refractivity contribution in [3.8, 4) is 11.5 Å². The maximum atomic E-state index is 14.1. The molecule has 3 amide bonds. The van der Waals surface area contributed by atoms with E-state index < -0.39 is 54.2 Å². The molecule has 5 aliphatic heterocycles. The van der Waals surface area contributed by atoms with Crippen LogP contribution in [0.1, 0.15) is 48.6 Å². The van der Waals surface area contributed by atoms with Gasteiger partial charge in [-0.25, -0.2) is 4.79 Å². The maximum Gasteiger partial charge on any atom is 0.326 e. The molecule has 0 saturated carbocycles. The standard InChI is InChI=1S/C42H52N8O8/c1-27(43-2)38(51)45-35-23-29-13-17-33(18-14-29)58-26-31-25-49(48-47-31)19-7-21-57-32-15-11-30(12-16-32)24-36(42(55)56)46-39(52)34(22-28-8-4-3-5-9-28)44-40(53)37-10-6-20-50(37)41(35)54/h3-5,8-9,11-18,25,27,34-37,41,43,54H,6-7,10,19-24,26H2,1-2H3,(H,44,53)(H,45,51)(H,46,52)(H,55,56)/t27-,34-,35-,36-,37+,41?/m0/s1. The average Bonchev–Trinajstić information content (AvgIpc) is 3.92. The lowest BCUT2D eigenvalue weighted by molar-refractivity contribution is -0.142. The first-order valence-corrected chi connectivity index (χ1v) is 19.7. The Morgan fingerprint density at radius 1 is 0.897 bits per heavy atom. The number of benzene rings is 3. The third-order valence-electron chi connectivity index (χ3n) is 10.5. The fourth-order valence-corrected chi connectivity index (χ4v) is 7.11. The predicted octanol–water partition coefficient (Wildman–Crippen LogP) is 1.60. The number of hydrogen-bond donors (Lipinski definition) is 6. The molecule has 1 unspecified atom stereocenters. The Labute approximate surface area is 337 Å². The zero-order valence-corrected chi connectivity index (χ0v) is 32.8. The number of aryl methyl sites for hydroxylation is 1. The number of aliphatic carboxylic acids is 1. The highest BCUT2D eigenvalue weighted by Crippen LogP contribution is 2.24. The van der Waals surface area contributed by atoms with Crippen LogP contribution in [-0.4, -0.2) is 110 Å². The number of aliphatic hydroxyl groups is 1. The molecule has 1 fully saturated rings. The fourth-order valence-electron chi connectivity index (χ4n) is 7.11. The van der Waals surface area contributed by atoms with Gasteiger partial charge < -0.3 is 41.0 Å². The SMILES string of the molecule is CN[C@@H](C)C(=O)N[C@H]1Cc2ccc(cc2)OCc2cn(nn2)CCCOc2ccc(cc2)C[C@@H](C(=O)O)NC(=O)[C@H](Cc2ccccc2)NC(=O)[C@H]2CCCN2C1O. The monoisotopic (exact) mass is 796 g/mol. The maximum absolute atomic E-state index is 14.1. The van der Waals surface area contributed by atoms with E-state index in [1.165, 1.54) is 0 Å². The normalized spacial score (nSPS) is 23.1. The molecule has 0 radical (unpaired) electrons. The lowest BCUT2D eigenvalue weighted by atomic mass is 10.0. The van der Waals surface area contributed by atoms with Gasteiger partial charge in [-0.15, -0.1) is 5.10 Å². The Bertz CT molecular complexity index is 1980. The second-order valence-corrected chi connectivity index (χ2v) is 14.7. The minimum absolute atomic E-state index is 0.00376. The number of rotatable bonds is 6. The minimum atomic E-state index is -1.29. The van der Waals surface area contributed by atoms with Gasteiger partial charge in [0.2, 0.25) is 17.7 Å². The average molecular weight is 797 g/mol. The quantitative estimate of drug-likeness (QED) is 0.165. The summed E-state index contributed by atoms with van der Waals surface area (Å²) in [7, 11) is 1.67. The second kappa shape index (κ2) is 20.0. The number of hydrogen-bond acceptors (Lipinski definition) is 11. The van der Waals surface area contributed by atoms with Crippen molar-refractivity contribution in [3.05, 3.63) is 107 Å². The molecule has 0 spiro atoms. The summed E-state index contributed by atoms with van der Waals surface area (Å²) in [6.07, 6.45) is 2.52. The summed E-state index contributed by atoms with van der Waals surface area (Å²) in [5.74, 6) is -1.48. The van der Waals surface area contributed by atoms with E-state index in [1.807, 2.05) is 48.7 Å². The van der Waals surface area contributed by atoms with Crippen molar-refractivity contribution in [2.45, 2.75) is 95.0 Å². The lowest BCUT2D eigenvalue weighted by Crippen LogP contribution is -2.60. The van der Waals surface area contributed by atoms with Crippen LogP contribution in [0.2, 0.25) is 0 Å². The number of ether oxygens (including phenoxy) is 2. The van der Waals surface area contributed by atoms with Gasteiger partial charge in [0, 0.05) is 32.4 Å². The number of nitrogens with zero attached hydrogens (tertiary/aromatic N) is 4. The Morgan fingerprint density at radius 2 is 1.59 bits per heavy atom. The van der Waals surface area contributed by atoms with Gasteiger partial charge in [-0.2, -0.15) is 0 Å². The first kappa shape index (κ1) is 41.8. The van der Waals surface area contributed by atoms with Crippen LogP contribution in [-0.2, 0) is 51.6 Å².